The third-order valence-corrected chi connectivity index (χ3v) is 5.26. The molecule has 12 nitrogen and oxygen atoms in total. The highest BCUT2D eigenvalue weighted by atomic mass is 16.6. The van der Waals surface area contributed by atoms with E-state index < -0.39 is 11.7 Å². The van der Waals surface area contributed by atoms with Gasteiger partial charge in [0.15, 0.2) is 23.2 Å². The maximum absolute atomic E-state index is 10.2. The van der Waals surface area contributed by atoms with Crippen LogP contribution in [0.2, 0.25) is 0 Å². The average molecular weight is 514 g/mol. The number of aromatic nitrogens is 5. The number of fused-ring (bicyclic) bond motifs is 1. The van der Waals surface area contributed by atoms with Gasteiger partial charge in [-0.1, -0.05) is 42.2 Å². The molecule has 0 saturated carbocycles. The van der Waals surface area contributed by atoms with E-state index >= 15 is 0 Å². The topological polar surface area (TPSA) is 201 Å². The van der Waals surface area contributed by atoms with Crippen molar-refractivity contribution in [2.24, 2.45) is 11.5 Å². The monoisotopic (exact) mass is 513 g/mol. The Bertz CT molecular complexity index is 1580. The van der Waals surface area contributed by atoms with Gasteiger partial charge in [-0.3, -0.25) is 5.41 Å². The fourth-order valence-corrected chi connectivity index (χ4v) is 3.61. The Morgan fingerprint density at radius 1 is 1.24 bits per heavy atom. The van der Waals surface area contributed by atoms with Gasteiger partial charge in [-0.2, -0.15) is 0 Å². The van der Waals surface area contributed by atoms with Crippen molar-refractivity contribution < 1.29 is 14.5 Å². The molecule has 194 valence electrons. The predicted octanol–water partition coefficient (Wildman–Crippen LogP) is 1.59. The molecule has 0 bridgehead atoms. The Hall–Kier alpha value is -4.91. The third kappa shape index (κ3) is 6.07. The van der Waals surface area contributed by atoms with E-state index in [1.54, 1.807) is 19.9 Å². The van der Waals surface area contributed by atoms with Gasteiger partial charge in [-0.05, 0) is 41.6 Å². The zero-order valence-electron chi connectivity index (χ0n) is 20.9. The zero-order chi connectivity index (χ0) is 27.3. The Kier molecular flexibility index (Phi) is 7.58. The first-order chi connectivity index (χ1) is 18.2. The number of aliphatic hydroxyl groups is 1. The van der Waals surface area contributed by atoms with Crippen LogP contribution in [0.1, 0.15) is 37.6 Å². The summed E-state index contributed by atoms with van der Waals surface area (Å²) in [6.45, 7) is 3.67. The van der Waals surface area contributed by atoms with Crippen molar-refractivity contribution in [2.75, 3.05) is 12.3 Å². The summed E-state index contributed by atoms with van der Waals surface area (Å²) in [4.78, 5) is 9.30. The lowest BCUT2D eigenvalue weighted by atomic mass is 10.1. The SMILES string of the molecule is CC(C)(O)C#Cc1nc(OC(CN)c2ccccc2)cc2c1nc(-c1nonc1N)n2CCC#CC(=N)N. The zero-order valence-corrected chi connectivity index (χ0v) is 20.9. The number of imidazole rings is 1. The highest BCUT2D eigenvalue weighted by molar-refractivity contribution is 5.94. The maximum Gasteiger partial charge on any atom is 0.217 e. The number of aryl methyl sites for hydroxylation is 1. The molecule has 8 N–H and O–H groups in total. The number of pyridine rings is 1. The van der Waals surface area contributed by atoms with E-state index in [4.69, 9.17) is 37.0 Å². The number of benzene rings is 1. The van der Waals surface area contributed by atoms with Crippen LogP contribution < -0.4 is 21.9 Å². The van der Waals surface area contributed by atoms with E-state index in [-0.39, 0.29) is 35.5 Å². The number of nitrogens with one attached hydrogen (secondary N) is 1. The van der Waals surface area contributed by atoms with Crippen molar-refractivity contribution in [1.82, 2.24) is 24.8 Å². The van der Waals surface area contributed by atoms with E-state index in [0.29, 0.717) is 29.8 Å². The van der Waals surface area contributed by atoms with Crippen LogP contribution in [0.15, 0.2) is 41.0 Å². The number of nitrogens with zero attached hydrogens (tertiary/aromatic N) is 5. The van der Waals surface area contributed by atoms with Crippen molar-refractivity contribution in [3.05, 3.63) is 47.7 Å². The number of hydrogen-bond acceptors (Lipinski definition) is 10. The summed E-state index contributed by atoms with van der Waals surface area (Å²) >= 11 is 0. The number of nitrogen functional groups attached to an aromatic ring is 1. The van der Waals surface area contributed by atoms with Crippen LogP contribution in [0.5, 0.6) is 5.88 Å². The largest absolute Gasteiger partial charge is 0.468 e. The fraction of sp³-hybridized carbons (Fsp3) is 0.269. The lowest BCUT2D eigenvalue weighted by Gasteiger charge is -2.17. The third-order valence-electron chi connectivity index (χ3n) is 5.26. The van der Waals surface area contributed by atoms with Gasteiger partial charge in [-0.25, -0.2) is 14.6 Å². The van der Waals surface area contributed by atoms with Crippen molar-refractivity contribution in [3.63, 3.8) is 0 Å². The number of ether oxygens (including phenoxy) is 1. The molecule has 3 heterocycles. The molecule has 3 aromatic heterocycles. The van der Waals surface area contributed by atoms with Gasteiger partial charge in [0.05, 0.1) is 5.52 Å². The Morgan fingerprint density at radius 2 is 2.00 bits per heavy atom. The molecule has 4 rings (SSSR count). The Labute approximate surface area is 218 Å². The normalized spacial score (nSPS) is 11.8. The second kappa shape index (κ2) is 11.0. The summed E-state index contributed by atoms with van der Waals surface area (Å²) in [6.07, 6.45) is -0.133. The molecule has 12 heteroatoms. The fourth-order valence-electron chi connectivity index (χ4n) is 3.61. The van der Waals surface area contributed by atoms with Crippen molar-refractivity contribution in [3.8, 4) is 41.1 Å². The summed E-state index contributed by atoms with van der Waals surface area (Å²) < 4.78 is 12.8. The predicted molar refractivity (Wildman–Crippen MR) is 142 cm³/mol. The number of amidine groups is 1. The molecular formula is C26H27N9O3. The number of nitrogens with two attached hydrogens (primary N) is 3. The molecule has 1 aromatic carbocycles. The van der Waals surface area contributed by atoms with Crippen LogP contribution >= 0.6 is 0 Å². The van der Waals surface area contributed by atoms with E-state index in [1.807, 2.05) is 34.9 Å². The molecule has 0 aliphatic carbocycles. The molecule has 1 unspecified atom stereocenters. The maximum atomic E-state index is 10.2. The van der Waals surface area contributed by atoms with E-state index in [1.165, 1.54) is 0 Å². The lowest BCUT2D eigenvalue weighted by Crippen LogP contribution is -2.19. The number of rotatable bonds is 7. The highest BCUT2D eigenvalue weighted by Gasteiger charge is 2.23. The van der Waals surface area contributed by atoms with Gasteiger partial charge in [0, 0.05) is 25.6 Å². The molecule has 0 aliphatic rings. The molecule has 0 saturated heterocycles. The molecule has 38 heavy (non-hydrogen) atoms. The number of anilines is 1. The lowest BCUT2D eigenvalue weighted by molar-refractivity contribution is 0.143. The quantitative estimate of drug-likeness (QED) is 0.137. The molecule has 0 spiro atoms. The van der Waals surface area contributed by atoms with Crippen LogP contribution in [0, 0.1) is 29.1 Å². The van der Waals surface area contributed by atoms with E-state index in [0.717, 1.165) is 5.56 Å². The van der Waals surface area contributed by atoms with Crippen molar-refractivity contribution in [1.29, 1.82) is 5.41 Å². The van der Waals surface area contributed by atoms with Gasteiger partial charge < -0.3 is 31.6 Å². The minimum Gasteiger partial charge on any atom is -0.468 e. The first-order valence-electron chi connectivity index (χ1n) is 11.7. The summed E-state index contributed by atoms with van der Waals surface area (Å²) in [7, 11) is 0. The molecule has 0 radical (unpaired) electrons. The molecule has 0 fully saturated rings. The summed E-state index contributed by atoms with van der Waals surface area (Å²) in [5, 5.41) is 25.1. The van der Waals surface area contributed by atoms with Gasteiger partial charge >= 0.3 is 0 Å². The molecule has 0 aliphatic heterocycles. The van der Waals surface area contributed by atoms with Crippen LogP contribution in [0.4, 0.5) is 5.82 Å². The molecular weight excluding hydrogens is 486 g/mol. The van der Waals surface area contributed by atoms with Gasteiger partial charge in [0.2, 0.25) is 5.88 Å². The standard InChI is InChI=1S/C26H27N9O3/c1-26(2,36)12-11-17-22-18(14-21(31-17)37-19(15-27)16-8-4-3-5-9-16)35(13-7-6-10-20(28)29)25(32-22)23-24(30)34-38-33-23/h3-5,8-9,14,19,36H,7,13,15,27H2,1-2H3,(H3,28,29)(H2,30,34). The number of hydrogen-bond donors (Lipinski definition) is 5. The minimum absolute atomic E-state index is 0.0530. The van der Waals surface area contributed by atoms with Crippen LogP contribution in [-0.2, 0) is 6.54 Å². The van der Waals surface area contributed by atoms with Crippen LogP contribution in [0.3, 0.4) is 0 Å². The smallest absolute Gasteiger partial charge is 0.217 e. The highest BCUT2D eigenvalue weighted by Crippen LogP contribution is 2.31. The minimum atomic E-state index is -1.27. The van der Waals surface area contributed by atoms with Crippen molar-refractivity contribution in [2.45, 2.75) is 38.5 Å². The molecule has 1 atom stereocenters. The second-order valence-electron chi connectivity index (χ2n) is 8.79. The first-order valence-corrected chi connectivity index (χ1v) is 11.7. The summed E-state index contributed by atoms with van der Waals surface area (Å²) in [5.41, 5.74) is 18.5. The summed E-state index contributed by atoms with van der Waals surface area (Å²) in [6, 6.07) is 11.3. The van der Waals surface area contributed by atoms with E-state index in [9.17, 15) is 5.11 Å². The van der Waals surface area contributed by atoms with Gasteiger partial charge in [0.1, 0.15) is 22.9 Å². The first kappa shape index (κ1) is 26.2. The van der Waals surface area contributed by atoms with Crippen LogP contribution in [-0.4, -0.2) is 47.9 Å². The Morgan fingerprint density at radius 3 is 2.63 bits per heavy atom. The van der Waals surface area contributed by atoms with Gasteiger partial charge in [0.25, 0.3) is 0 Å². The summed E-state index contributed by atoms with van der Waals surface area (Å²) in [5.74, 6) is 11.5. The van der Waals surface area contributed by atoms with Crippen LogP contribution in [0.25, 0.3) is 22.6 Å². The van der Waals surface area contributed by atoms with Crippen molar-refractivity contribution >= 4 is 22.7 Å². The van der Waals surface area contributed by atoms with Gasteiger partial charge in [-0.15, -0.1) is 0 Å². The average Bonchev–Trinajstić information content (AvgIpc) is 3.46. The molecule has 4 aromatic rings. The molecule has 0 amide bonds. The van der Waals surface area contributed by atoms with E-state index in [2.05, 4.69) is 39.0 Å². The second-order valence-corrected chi connectivity index (χ2v) is 8.79. The Balaban J connectivity index is 1.90.